The maximum atomic E-state index is 8.72. The number of hydrogen-bond acceptors (Lipinski definition) is 2. The van der Waals surface area contributed by atoms with E-state index in [9.17, 15) is 0 Å². The van der Waals surface area contributed by atoms with Crippen LogP contribution in [0.15, 0.2) is 24.3 Å². The standard InChI is InChI=1S/C12H14N2/c13-8-7-11-5-1-2-6-12(11)14-9-3-4-10-14/h1-2,5-6H,3-4,7,9-10H2. The first-order chi connectivity index (χ1) is 6.92. The third-order valence-electron chi connectivity index (χ3n) is 2.71. The summed E-state index contributed by atoms with van der Waals surface area (Å²) in [5, 5.41) is 8.72. The topological polar surface area (TPSA) is 27.0 Å². The van der Waals surface area contributed by atoms with E-state index in [2.05, 4.69) is 29.2 Å². The zero-order valence-electron chi connectivity index (χ0n) is 8.24. The van der Waals surface area contributed by atoms with Crippen LogP contribution in [0.4, 0.5) is 5.69 Å². The summed E-state index contributed by atoms with van der Waals surface area (Å²) in [5.74, 6) is 0. The predicted molar refractivity (Wildman–Crippen MR) is 57.2 cm³/mol. The van der Waals surface area contributed by atoms with Crippen molar-refractivity contribution in [1.29, 1.82) is 5.26 Å². The Bertz CT molecular complexity index is 346. The van der Waals surface area contributed by atoms with Crippen LogP contribution in [-0.2, 0) is 6.42 Å². The first-order valence-corrected chi connectivity index (χ1v) is 5.11. The van der Waals surface area contributed by atoms with Crippen LogP contribution in [0.25, 0.3) is 0 Å². The fraction of sp³-hybridized carbons (Fsp3) is 0.417. The summed E-state index contributed by atoms with van der Waals surface area (Å²) >= 11 is 0. The molecular weight excluding hydrogens is 172 g/mol. The van der Waals surface area contributed by atoms with Crippen molar-refractivity contribution >= 4 is 5.69 Å². The molecule has 0 aliphatic carbocycles. The van der Waals surface area contributed by atoms with Gasteiger partial charge in [0.15, 0.2) is 0 Å². The smallest absolute Gasteiger partial charge is 0.0670 e. The first kappa shape index (κ1) is 9.08. The van der Waals surface area contributed by atoms with Gasteiger partial charge in [0, 0.05) is 18.8 Å². The third-order valence-corrected chi connectivity index (χ3v) is 2.71. The monoisotopic (exact) mass is 186 g/mol. The Hall–Kier alpha value is -1.49. The van der Waals surface area contributed by atoms with Crippen LogP contribution in [0.2, 0.25) is 0 Å². The van der Waals surface area contributed by atoms with Gasteiger partial charge in [-0.05, 0) is 24.5 Å². The van der Waals surface area contributed by atoms with E-state index in [1.165, 1.54) is 18.5 Å². The van der Waals surface area contributed by atoms with Crippen LogP contribution < -0.4 is 4.90 Å². The molecule has 0 unspecified atom stereocenters. The lowest BCUT2D eigenvalue weighted by Crippen LogP contribution is -2.19. The average molecular weight is 186 g/mol. The summed E-state index contributed by atoms with van der Waals surface area (Å²) in [5.41, 5.74) is 2.42. The quantitative estimate of drug-likeness (QED) is 0.709. The minimum atomic E-state index is 0.521. The van der Waals surface area contributed by atoms with E-state index >= 15 is 0 Å². The summed E-state index contributed by atoms with van der Waals surface area (Å²) in [6.45, 7) is 2.28. The molecule has 1 aliphatic rings. The number of anilines is 1. The van der Waals surface area contributed by atoms with Gasteiger partial charge in [-0.3, -0.25) is 0 Å². The molecule has 0 amide bonds. The first-order valence-electron chi connectivity index (χ1n) is 5.11. The fourth-order valence-electron chi connectivity index (χ4n) is 2.01. The van der Waals surface area contributed by atoms with E-state index in [1.807, 2.05) is 6.07 Å². The molecule has 2 heteroatoms. The van der Waals surface area contributed by atoms with Crippen molar-refractivity contribution in [3.63, 3.8) is 0 Å². The van der Waals surface area contributed by atoms with E-state index in [-0.39, 0.29) is 0 Å². The Kier molecular flexibility index (Phi) is 2.69. The summed E-state index contributed by atoms with van der Waals surface area (Å²) in [4.78, 5) is 2.38. The van der Waals surface area contributed by atoms with Crippen molar-refractivity contribution in [3.8, 4) is 6.07 Å². The number of para-hydroxylation sites is 1. The highest BCUT2D eigenvalue weighted by atomic mass is 15.1. The Morgan fingerprint density at radius 3 is 2.64 bits per heavy atom. The Morgan fingerprint density at radius 2 is 1.93 bits per heavy atom. The number of hydrogen-bond donors (Lipinski definition) is 0. The highest BCUT2D eigenvalue weighted by molar-refractivity contribution is 5.55. The normalized spacial score (nSPS) is 15.5. The van der Waals surface area contributed by atoms with Crippen LogP contribution in [0.1, 0.15) is 18.4 Å². The maximum Gasteiger partial charge on any atom is 0.0670 e. The highest BCUT2D eigenvalue weighted by Crippen LogP contribution is 2.24. The van der Waals surface area contributed by atoms with E-state index in [4.69, 9.17) is 5.26 Å². The molecule has 1 aliphatic heterocycles. The van der Waals surface area contributed by atoms with Gasteiger partial charge in [0.25, 0.3) is 0 Å². The molecule has 0 spiro atoms. The second kappa shape index (κ2) is 4.15. The molecule has 2 rings (SSSR count). The summed E-state index contributed by atoms with van der Waals surface area (Å²) in [6, 6.07) is 10.5. The fourth-order valence-corrected chi connectivity index (χ4v) is 2.01. The predicted octanol–water partition coefficient (Wildman–Crippen LogP) is 2.35. The Balaban J connectivity index is 2.26. The largest absolute Gasteiger partial charge is 0.371 e. The molecule has 1 aromatic rings. The van der Waals surface area contributed by atoms with Crippen molar-refractivity contribution in [2.75, 3.05) is 18.0 Å². The second-order valence-corrected chi connectivity index (χ2v) is 3.66. The minimum absolute atomic E-state index is 0.521. The van der Waals surface area contributed by atoms with Gasteiger partial charge in [-0.1, -0.05) is 18.2 Å². The molecule has 1 aromatic carbocycles. The molecule has 72 valence electrons. The minimum Gasteiger partial charge on any atom is -0.371 e. The van der Waals surface area contributed by atoms with Crippen LogP contribution in [0, 0.1) is 11.3 Å². The molecule has 14 heavy (non-hydrogen) atoms. The Morgan fingerprint density at radius 1 is 1.21 bits per heavy atom. The van der Waals surface area contributed by atoms with Gasteiger partial charge in [-0.15, -0.1) is 0 Å². The van der Waals surface area contributed by atoms with E-state index < -0.39 is 0 Å². The molecule has 1 fully saturated rings. The van der Waals surface area contributed by atoms with E-state index in [0.29, 0.717) is 6.42 Å². The van der Waals surface area contributed by atoms with Crippen LogP contribution in [-0.4, -0.2) is 13.1 Å². The van der Waals surface area contributed by atoms with Crippen molar-refractivity contribution < 1.29 is 0 Å². The molecule has 1 saturated heterocycles. The van der Waals surface area contributed by atoms with Crippen molar-refractivity contribution in [2.24, 2.45) is 0 Å². The number of nitrogens with zero attached hydrogens (tertiary/aromatic N) is 2. The molecule has 0 atom stereocenters. The van der Waals surface area contributed by atoms with E-state index in [0.717, 1.165) is 18.7 Å². The molecule has 0 aromatic heterocycles. The van der Waals surface area contributed by atoms with Gasteiger partial charge in [0.2, 0.25) is 0 Å². The Labute approximate surface area is 84.8 Å². The van der Waals surface area contributed by atoms with Crippen molar-refractivity contribution in [1.82, 2.24) is 0 Å². The zero-order valence-corrected chi connectivity index (χ0v) is 8.24. The summed E-state index contributed by atoms with van der Waals surface area (Å²) in [7, 11) is 0. The highest BCUT2D eigenvalue weighted by Gasteiger charge is 2.14. The third kappa shape index (κ3) is 1.72. The second-order valence-electron chi connectivity index (χ2n) is 3.66. The van der Waals surface area contributed by atoms with Crippen molar-refractivity contribution in [2.45, 2.75) is 19.3 Å². The van der Waals surface area contributed by atoms with Gasteiger partial charge >= 0.3 is 0 Å². The summed E-state index contributed by atoms with van der Waals surface area (Å²) < 4.78 is 0. The van der Waals surface area contributed by atoms with Crippen LogP contribution in [0.5, 0.6) is 0 Å². The maximum absolute atomic E-state index is 8.72. The molecule has 0 radical (unpaired) electrons. The van der Waals surface area contributed by atoms with Crippen molar-refractivity contribution in [3.05, 3.63) is 29.8 Å². The molecule has 0 saturated carbocycles. The van der Waals surface area contributed by atoms with Crippen LogP contribution in [0.3, 0.4) is 0 Å². The number of rotatable bonds is 2. The van der Waals surface area contributed by atoms with Gasteiger partial charge in [-0.2, -0.15) is 5.26 Å². The lowest BCUT2D eigenvalue weighted by Gasteiger charge is -2.20. The van der Waals surface area contributed by atoms with E-state index in [1.54, 1.807) is 0 Å². The lowest BCUT2D eigenvalue weighted by atomic mass is 10.1. The average Bonchev–Trinajstić information content (AvgIpc) is 2.72. The lowest BCUT2D eigenvalue weighted by molar-refractivity contribution is 0.949. The molecular formula is C12H14N2. The van der Waals surface area contributed by atoms with Gasteiger partial charge in [0.05, 0.1) is 12.5 Å². The molecule has 2 nitrogen and oxygen atoms in total. The SMILES string of the molecule is N#CCc1ccccc1N1CCCC1. The van der Waals surface area contributed by atoms with Gasteiger partial charge in [0.1, 0.15) is 0 Å². The summed E-state index contributed by atoms with van der Waals surface area (Å²) in [6.07, 6.45) is 3.08. The number of benzene rings is 1. The molecule has 1 heterocycles. The molecule has 0 N–H and O–H groups in total. The molecule has 0 bridgehead atoms. The number of nitriles is 1. The van der Waals surface area contributed by atoms with Crippen LogP contribution >= 0.6 is 0 Å². The van der Waals surface area contributed by atoms with Gasteiger partial charge < -0.3 is 4.90 Å². The zero-order chi connectivity index (χ0) is 9.80. The van der Waals surface area contributed by atoms with Gasteiger partial charge in [-0.25, -0.2) is 0 Å².